The van der Waals surface area contributed by atoms with Crippen LogP contribution in [-0.4, -0.2) is 19.6 Å². The zero-order valence-electron chi connectivity index (χ0n) is 13.5. The molecule has 1 atom stereocenters. The van der Waals surface area contributed by atoms with E-state index in [1.54, 1.807) is 19.2 Å². The minimum absolute atomic E-state index is 0.0450. The van der Waals surface area contributed by atoms with Crippen molar-refractivity contribution in [3.8, 4) is 11.5 Å². The number of para-hydroxylation sites is 1. The van der Waals surface area contributed by atoms with E-state index in [0.29, 0.717) is 0 Å². The van der Waals surface area contributed by atoms with Gasteiger partial charge in [0.2, 0.25) is 0 Å². The second-order valence-corrected chi connectivity index (χ2v) is 5.80. The number of nitrogens with one attached hydrogen (secondary N) is 1. The van der Waals surface area contributed by atoms with Gasteiger partial charge >= 0.3 is 0 Å². The maximum absolute atomic E-state index is 13.5. The van der Waals surface area contributed by atoms with Crippen molar-refractivity contribution in [3.63, 3.8) is 0 Å². The largest absolute Gasteiger partial charge is 0.497 e. The van der Waals surface area contributed by atoms with Crippen molar-refractivity contribution in [1.29, 1.82) is 0 Å². The lowest BCUT2D eigenvalue weighted by Crippen LogP contribution is -2.34. The van der Waals surface area contributed by atoms with Crippen LogP contribution in [0.3, 0.4) is 0 Å². The molecule has 0 radical (unpaired) electrons. The highest BCUT2D eigenvalue weighted by Crippen LogP contribution is 2.32. The van der Waals surface area contributed by atoms with Crippen molar-refractivity contribution in [2.45, 2.75) is 25.3 Å². The van der Waals surface area contributed by atoms with Gasteiger partial charge in [-0.3, -0.25) is 4.79 Å². The number of fused-ring (bicyclic) bond motifs is 1. The van der Waals surface area contributed by atoms with E-state index in [1.807, 2.05) is 18.2 Å². The topological polar surface area (TPSA) is 47.6 Å². The Morgan fingerprint density at radius 3 is 2.92 bits per heavy atom. The van der Waals surface area contributed by atoms with E-state index < -0.39 is 5.82 Å². The fraction of sp³-hybridized carbons (Fsp3) is 0.316. The number of amides is 1. The standard InChI is InChI=1S/C19H20FNO3/c1-23-14-9-10-15-13(11-14)5-4-7-17(15)21-19(22)12-24-18-8-3-2-6-16(18)20/h2-3,6,8-11,17H,4-5,7,12H2,1H3,(H,21,22)/t17-/m1/s1. The molecule has 4 nitrogen and oxygen atoms in total. The molecule has 2 aromatic rings. The summed E-state index contributed by atoms with van der Waals surface area (Å²) < 4.78 is 24.0. The molecule has 0 bridgehead atoms. The van der Waals surface area contributed by atoms with Gasteiger partial charge in [-0.2, -0.15) is 0 Å². The predicted octanol–water partition coefficient (Wildman–Crippen LogP) is 3.41. The van der Waals surface area contributed by atoms with Crippen LogP contribution in [-0.2, 0) is 11.2 Å². The number of carbonyl (C=O) groups is 1. The highest BCUT2D eigenvalue weighted by Gasteiger charge is 2.22. The number of hydrogen-bond donors (Lipinski definition) is 1. The number of hydrogen-bond acceptors (Lipinski definition) is 3. The molecule has 1 amide bonds. The number of ether oxygens (including phenoxy) is 2. The minimum atomic E-state index is -0.472. The zero-order chi connectivity index (χ0) is 16.9. The summed E-state index contributed by atoms with van der Waals surface area (Å²) in [5.74, 6) is 0.178. The molecule has 0 spiro atoms. The molecule has 0 aliphatic heterocycles. The molecule has 3 rings (SSSR count). The van der Waals surface area contributed by atoms with Gasteiger partial charge < -0.3 is 14.8 Å². The number of aryl methyl sites for hydroxylation is 1. The quantitative estimate of drug-likeness (QED) is 0.914. The lowest BCUT2D eigenvalue weighted by Gasteiger charge is -2.26. The third-order valence-corrected chi connectivity index (χ3v) is 4.20. The Morgan fingerprint density at radius 1 is 1.29 bits per heavy atom. The average Bonchev–Trinajstić information content (AvgIpc) is 2.61. The lowest BCUT2D eigenvalue weighted by atomic mass is 9.87. The summed E-state index contributed by atoms with van der Waals surface area (Å²) in [5.41, 5.74) is 2.31. The SMILES string of the molecule is COc1ccc2c(c1)CCC[C@H]2NC(=O)COc1ccccc1F. The van der Waals surface area contributed by atoms with Gasteiger partial charge in [0.25, 0.3) is 5.91 Å². The Hall–Kier alpha value is -2.56. The van der Waals surface area contributed by atoms with Gasteiger partial charge in [-0.05, 0) is 54.7 Å². The van der Waals surface area contributed by atoms with Crippen LogP contribution in [0.4, 0.5) is 4.39 Å². The maximum atomic E-state index is 13.5. The predicted molar refractivity (Wildman–Crippen MR) is 88.7 cm³/mol. The minimum Gasteiger partial charge on any atom is -0.497 e. The Balaban J connectivity index is 1.62. The van der Waals surface area contributed by atoms with E-state index in [0.717, 1.165) is 30.6 Å². The van der Waals surface area contributed by atoms with Crippen molar-refractivity contribution >= 4 is 5.91 Å². The van der Waals surface area contributed by atoms with E-state index >= 15 is 0 Å². The van der Waals surface area contributed by atoms with Gasteiger partial charge in [-0.1, -0.05) is 18.2 Å². The van der Waals surface area contributed by atoms with Gasteiger partial charge in [0.05, 0.1) is 13.2 Å². The smallest absolute Gasteiger partial charge is 0.258 e. The summed E-state index contributed by atoms with van der Waals surface area (Å²) >= 11 is 0. The van der Waals surface area contributed by atoms with E-state index in [4.69, 9.17) is 9.47 Å². The molecular weight excluding hydrogens is 309 g/mol. The Morgan fingerprint density at radius 2 is 2.12 bits per heavy atom. The van der Waals surface area contributed by atoms with Crippen LogP contribution in [0, 0.1) is 5.82 Å². The number of carbonyl (C=O) groups excluding carboxylic acids is 1. The summed E-state index contributed by atoms with van der Waals surface area (Å²) in [7, 11) is 1.64. The van der Waals surface area contributed by atoms with Crippen LogP contribution in [0.25, 0.3) is 0 Å². The molecular formula is C19H20FNO3. The van der Waals surface area contributed by atoms with Crippen LogP contribution >= 0.6 is 0 Å². The molecule has 0 aromatic heterocycles. The molecule has 0 saturated carbocycles. The highest BCUT2D eigenvalue weighted by atomic mass is 19.1. The third kappa shape index (κ3) is 3.67. The molecule has 0 heterocycles. The second-order valence-electron chi connectivity index (χ2n) is 5.80. The van der Waals surface area contributed by atoms with Crippen LogP contribution in [0.15, 0.2) is 42.5 Å². The molecule has 126 valence electrons. The summed E-state index contributed by atoms with van der Waals surface area (Å²) in [6.45, 7) is -0.205. The van der Waals surface area contributed by atoms with Gasteiger partial charge in [0, 0.05) is 0 Å². The van der Waals surface area contributed by atoms with Crippen LogP contribution in [0.2, 0.25) is 0 Å². The number of halogens is 1. The summed E-state index contributed by atoms with van der Waals surface area (Å²) in [5, 5.41) is 2.98. The van der Waals surface area contributed by atoms with Crippen molar-refractivity contribution in [2.75, 3.05) is 13.7 Å². The first-order valence-corrected chi connectivity index (χ1v) is 8.01. The maximum Gasteiger partial charge on any atom is 0.258 e. The van der Waals surface area contributed by atoms with Crippen molar-refractivity contribution < 1.29 is 18.7 Å². The van der Waals surface area contributed by atoms with E-state index in [9.17, 15) is 9.18 Å². The third-order valence-electron chi connectivity index (χ3n) is 4.20. The molecule has 5 heteroatoms. The Bertz CT molecular complexity index is 732. The van der Waals surface area contributed by atoms with Crippen molar-refractivity contribution in [3.05, 3.63) is 59.4 Å². The fourth-order valence-electron chi connectivity index (χ4n) is 3.01. The summed E-state index contributed by atoms with van der Waals surface area (Å²) in [6, 6.07) is 11.9. The second kappa shape index (κ2) is 7.34. The van der Waals surface area contributed by atoms with Gasteiger partial charge in [0.15, 0.2) is 18.2 Å². The van der Waals surface area contributed by atoms with Crippen LogP contribution < -0.4 is 14.8 Å². The zero-order valence-corrected chi connectivity index (χ0v) is 13.5. The van der Waals surface area contributed by atoms with E-state index in [2.05, 4.69) is 5.32 Å². The molecule has 1 N–H and O–H groups in total. The number of methoxy groups -OCH3 is 1. The first kappa shape index (κ1) is 16.3. The summed E-state index contributed by atoms with van der Waals surface area (Å²) in [4.78, 5) is 12.1. The molecule has 2 aromatic carbocycles. The van der Waals surface area contributed by atoms with E-state index in [-0.39, 0.29) is 24.3 Å². The molecule has 0 fully saturated rings. The molecule has 0 unspecified atom stereocenters. The van der Waals surface area contributed by atoms with Crippen LogP contribution in [0.1, 0.15) is 30.0 Å². The normalized spacial score (nSPS) is 16.2. The lowest BCUT2D eigenvalue weighted by molar-refractivity contribution is -0.124. The molecule has 0 saturated heterocycles. The van der Waals surface area contributed by atoms with Gasteiger partial charge in [0.1, 0.15) is 5.75 Å². The van der Waals surface area contributed by atoms with Crippen molar-refractivity contribution in [2.24, 2.45) is 0 Å². The Kier molecular flexibility index (Phi) is 4.99. The molecule has 1 aliphatic rings. The average molecular weight is 329 g/mol. The monoisotopic (exact) mass is 329 g/mol. The molecule has 24 heavy (non-hydrogen) atoms. The van der Waals surface area contributed by atoms with Crippen molar-refractivity contribution in [1.82, 2.24) is 5.32 Å². The molecule has 1 aliphatic carbocycles. The van der Waals surface area contributed by atoms with Gasteiger partial charge in [-0.15, -0.1) is 0 Å². The van der Waals surface area contributed by atoms with Gasteiger partial charge in [-0.25, -0.2) is 4.39 Å². The highest BCUT2D eigenvalue weighted by molar-refractivity contribution is 5.78. The first-order chi connectivity index (χ1) is 11.7. The Labute approximate surface area is 140 Å². The fourth-order valence-corrected chi connectivity index (χ4v) is 3.01. The number of benzene rings is 2. The van der Waals surface area contributed by atoms with E-state index in [1.165, 1.54) is 17.7 Å². The number of rotatable bonds is 5. The first-order valence-electron chi connectivity index (χ1n) is 8.01. The summed E-state index contributed by atoms with van der Waals surface area (Å²) in [6.07, 6.45) is 2.86. The van der Waals surface area contributed by atoms with Crippen LogP contribution in [0.5, 0.6) is 11.5 Å².